The van der Waals surface area contributed by atoms with Crippen LogP contribution in [0.2, 0.25) is 0 Å². The van der Waals surface area contributed by atoms with Gasteiger partial charge in [-0.2, -0.15) is 11.8 Å². The minimum atomic E-state index is 0.773. The Hall–Kier alpha value is 0.270. The van der Waals surface area contributed by atoms with Crippen LogP contribution < -0.4 is 5.32 Å². The molecule has 0 aromatic rings. The van der Waals surface area contributed by atoms with E-state index in [2.05, 4.69) is 30.4 Å². The molecule has 3 heteroatoms. The summed E-state index contributed by atoms with van der Waals surface area (Å²) in [7, 11) is 2.28. The van der Waals surface area contributed by atoms with Crippen LogP contribution >= 0.6 is 11.8 Å². The van der Waals surface area contributed by atoms with Gasteiger partial charge in [-0.1, -0.05) is 13.3 Å². The Morgan fingerprint density at radius 3 is 2.65 bits per heavy atom. The van der Waals surface area contributed by atoms with E-state index in [-0.39, 0.29) is 0 Å². The molecule has 0 saturated heterocycles. The van der Waals surface area contributed by atoms with Gasteiger partial charge in [0.25, 0.3) is 0 Å². The third kappa shape index (κ3) is 7.32. The van der Waals surface area contributed by atoms with Gasteiger partial charge in [-0.15, -0.1) is 0 Å². The summed E-state index contributed by atoms with van der Waals surface area (Å²) in [5, 5.41) is 3.58. The number of hydrogen-bond donors (Lipinski definition) is 1. The van der Waals surface area contributed by atoms with Crippen molar-refractivity contribution in [2.75, 3.05) is 32.1 Å². The molecule has 0 spiro atoms. The first-order valence-corrected chi connectivity index (χ1v) is 8.59. The Labute approximate surface area is 112 Å². The average Bonchev–Trinajstić information content (AvgIpc) is 3.14. The van der Waals surface area contributed by atoms with Gasteiger partial charge in [0.1, 0.15) is 0 Å². The fraction of sp³-hybridized carbons (Fsp3) is 1.00. The predicted molar refractivity (Wildman–Crippen MR) is 80.0 cm³/mol. The summed E-state index contributed by atoms with van der Waals surface area (Å²) in [6.07, 6.45) is 10.4. The molecule has 0 heterocycles. The van der Waals surface area contributed by atoms with Crippen molar-refractivity contribution >= 4 is 11.8 Å². The highest BCUT2D eigenvalue weighted by molar-refractivity contribution is 7.98. The average molecular weight is 258 g/mol. The molecule has 1 unspecified atom stereocenters. The van der Waals surface area contributed by atoms with Crippen LogP contribution in [0.15, 0.2) is 0 Å². The molecule has 0 amide bonds. The number of hydrogen-bond acceptors (Lipinski definition) is 3. The highest BCUT2D eigenvalue weighted by atomic mass is 32.2. The zero-order valence-corrected chi connectivity index (χ0v) is 12.7. The van der Waals surface area contributed by atoms with Gasteiger partial charge in [0.15, 0.2) is 0 Å². The maximum atomic E-state index is 3.58. The van der Waals surface area contributed by atoms with Crippen molar-refractivity contribution < 1.29 is 0 Å². The van der Waals surface area contributed by atoms with Crippen molar-refractivity contribution in [3.05, 3.63) is 0 Å². The first-order chi connectivity index (χ1) is 8.27. The van der Waals surface area contributed by atoms with E-state index in [9.17, 15) is 0 Å². The Morgan fingerprint density at radius 2 is 2.06 bits per heavy atom. The Balaban J connectivity index is 1.91. The summed E-state index contributed by atoms with van der Waals surface area (Å²) in [5.41, 5.74) is 0. The fourth-order valence-corrected chi connectivity index (χ4v) is 3.06. The quantitative estimate of drug-likeness (QED) is 0.574. The van der Waals surface area contributed by atoms with Gasteiger partial charge in [-0.3, -0.25) is 0 Å². The van der Waals surface area contributed by atoms with Crippen LogP contribution in [-0.4, -0.2) is 49.1 Å². The van der Waals surface area contributed by atoms with Crippen LogP contribution in [0.3, 0.4) is 0 Å². The van der Waals surface area contributed by atoms with E-state index in [1.807, 2.05) is 11.8 Å². The first kappa shape index (κ1) is 15.3. The van der Waals surface area contributed by atoms with E-state index < -0.39 is 0 Å². The molecule has 1 atom stereocenters. The fourth-order valence-electron chi connectivity index (χ4n) is 2.19. The van der Waals surface area contributed by atoms with E-state index in [1.165, 1.54) is 57.4 Å². The molecular formula is C14H30N2S. The molecule has 2 nitrogen and oxygen atoms in total. The molecule has 17 heavy (non-hydrogen) atoms. The molecule has 102 valence electrons. The SMILES string of the molecule is CCC(CSC)N(C)CCCCCNC1CC1. The standard InChI is InChI=1S/C14H30N2S/c1-4-14(12-17-3)16(2)11-7-5-6-10-15-13-8-9-13/h13-15H,4-12H2,1-3H3. The molecule has 0 aromatic carbocycles. The van der Waals surface area contributed by atoms with E-state index in [0.29, 0.717) is 0 Å². The monoisotopic (exact) mass is 258 g/mol. The maximum Gasteiger partial charge on any atom is 0.0180 e. The van der Waals surface area contributed by atoms with Gasteiger partial charge < -0.3 is 10.2 Å². The summed E-state index contributed by atoms with van der Waals surface area (Å²) < 4.78 is 0. The van der Waals surface area contributed by atoms with Crippen LogP contribution in [0, 0.1) is 0 Å². The third-order valence-corrected chi connectivity index (χ3v) is 4.37. The molecule has 0 radical (unpaired) electrons. The van der Waals surface area contributed by atoms with Gasteiger partial charge in [-0.25, -0.2) is 0 Å². The Bertz CT molecular complexity index is 183. The topological polar surface area (TPSA) is 15.3 Å². The van der Waals surface area contributed by atoms with Gasteiger partial charge in [-0.05, 0) is 58.5 Å². The molecule has 1 fully saturated rings. The van der Waals surface area contributed by atoms with Crippen molar-refractivity contribution in [1.82, 2.24) is 10.2 Å². The smallest absolute Gasteiger partial charge is 0.0180 e. The second-order valence-corrected chi connectivity index (χ2v) is 6.20. The van der Waals surface area contributed by atoms with Crippen LogP contribution in [-0.2, 0) is 0 Å². The number of nitrogens with zero attached hydrogens (tertiary/aromatic N) is 1. The minimum Gasteiger partial charge on any atom is -0.314 e. The molecule has 1 saturated carbocycles. The largest absolute Gasteiger partial charge is 0.314 e. The predicted octanol–water partition coefficient (Wildman–Crippen LogP) is 2.98. The number of nitrogens with one attached hydrogen (secondary N) is 1. The molecular weight excluding hydrogens is 228 g/mol. The van der Waals surface area contributed by atoms with E-state index in [1.54, 1.807) is 0 Å². The van der Waals surface area contributed by atoms with Crippen molar-refractivity contribution in [1.29, 1.82) is 0 Å². The summed E-state index contributed by atoms with van der Waals surface area (Å²) >= 11 is 1.97. The lowest BCUT2D eigenvalue weighted by atomic mass is 10.2. The molecule has 1 N–H and O–H groups in total. The number of unbranched alkanes of at least 4 members (excludes halogenated alkanes) is 2. The van der Waals surface area contributed by atoms with E-state index in [4.69, 9.17) is 0 Å². The summed E-state index contributed by atoms with van der Waals surface area (Å²) in [6, 6.07) is 1.65. The van der Waals surface area contributed by atoms with Crippen LogP contribution in [0.1, 0.15) is 45.4 Å². The Morgan fingerprint density at radius 1 is 1.29 bits per heavy atom. The molecule has 1 aliphatic carbocycles. The second-order valence-electron chi connectivity index (χ2n) is 5.29. The van der Waals surface area contributed by atoms with Crippen molar-refractivity contribution in [3.8, 4) is 0 Å². The van der Waals surface area contributed by atoms with Gasteiger partial charge in [0.05, 0.1) is 0 Å². The minimum absolute atomic E-state index is 0.773. The second kappa shape index (κ2) is 9.23. The summed E-state index contributed by atoms with van der Waals surface area (Å²) in [4.78, 5) is 2.55. The highest BCUT2D eigenvalue weighted by Gasteiger charge is 2.19. The van der Waals surface area contributed by atoms with Gasteiger partial charge in [0, 0.05) is 17.8 Å². The van der Waals surface area contributed by atoms with Crippen LogP contribution in [0.25, 0.3) is 0 Å². The maximum absolute atomic E-state index is 3.58. The zero-order valence-electron chi connectivity index (χ0n) is 11.9. The third-order valence-electron chi connectivity index (χ3n) is 3.65. The number of rotatable bonds is 11. The summed E-state index contributed by atoms with van der Waals surface area (Å²) in [5.74, 6) is 1.27. The molecule has 0 aromatic heterocycles. The lowest BCUT2D eigenvalue weighted by Gasteiger charge is -2.26. The van der Waals surface area contributed by atoms with Crippen LogP contribution in [0.5, 0.6) is 0 Å². The molecule has 1 rings (SSSR count). The van der Waals surface area contributed by atoms with Crippen molar-refractivity contribution in [2.45, 2.75) is 57.5 Å². The van der Waals surface area contributed by atoms with Crippen LogP contribution in [0.4, 0.5) is 0 Å². The first-order valence-electron chi connectivity index (χ1n) is 7.20. The Kier molecular flexibility index (Phi) is 8.33. The molecule has 1 aliphatic rings. The molecule has 0 bridgehead atoms. The lowest BCUT2D eigenvalue weighted by molar-refractivity contribution is 0.250. The number of thioether (sulfide) groups is 1. The molecule has 0 aliphatic heterocycles. The van der Waals surface area contributed by atoms with E-state index in [0.717, 1.165) is 12.1 Å². The highest BCUT2D eigenvalue weighted by Crippen LogP contribution is 2.18. The zero-order chi connectivity index (χ0) is 12.5. The van der Waals surface area contributed by atoms with Crippen molar-refractivity contribution in [2.24, 2.45) is 0 Å². The van der Waals surface area contributed by atoms with Gasteiger partial charge >= 0.3 is 0 Å². The summed E-state index contributed by atoms with van der Waals surface area (Å²) in [6.45, 7) is 4.80. The van der Waals surface area contributed by atoms with Gasteiger partial charge in [0.2, 0.25) is 0 Å². The normalized spacial score (nSPS) is 17.6. The lowest BCUT2D eigenvalue weighted by Crippen LogP contribution is -2.34. The van der Waals surface area contributed by atoms with E-state index >= 15 is 0 Å². The van der Waals surface area contributed by atoms with Crippen molar-refractivity contribution in [3.63, 3.8) is 0 Å².